The molecular weight excluding hydrogens is 384 g/mol. The lowest BCUT2D eigenvalue weighted by atomic mass is 10.2. The molecule has 0 saturated carbocycles. The fourth-order valence-corrected chi connectivity index (χ4v) is 3.05. The minimum Gasteiger partial charge on any atom is -0.454 e. The van der Waals surface area contributed by atoms with E-state index in [4.69, 9.17) is 25.5 Å². The minimum absolute atomic E-state index is 0.0260. The molecule has 1 aliphatic heterocycles. The van der Waals surface area contributed by atoms with E-state index in [1.807, 2.05) is 6.07 Å². The van der Waals surface area contributed by atoms with E-state index in [-0.39, 0.29) is 24.9 Å². The second kappa shape index (κ2) is 7.82. The molecule has 0 radical (unpaired) electrons. The third-order valence-electron chi connectivity index (χ3n) is 4.23. The number of carbonyl (C=O) groups excluding carboxylic acids is 2. The van der Waals surface area contributed by atoms with Crippen LogP contribution in [0, 0.1) is 0 Å². The van der Waals surface area contributed by atoms with Gasteiger partial charge in [-0.1, -0.05) is 12.1 Å². The molecule has 0 spiro atoms. The molecule has 0 unspecified atom stereocenters. The van der Waals surface area contributed by atoms with E-state index in [1.54, 1.807) is 36.4 Å². The van der Waals surface area contributed by atoms with Crippen molar-refractivity contribution in [3.8, 4) is 11.5 Å². The van der Waals surface area contributed by atoms with Crippen molar-refractivity contribution in [2.45, 2.75) is 12.8 Å². The molecule has 0 atom stereocenters. The van der Waals surface area contributed by atoms with Crippen LogP contribution in [0.3, 0.4) is 0 Å². The van der Waals surface area contributed by atoms with Crippen LogP contribution < -0.4 is 20.1 Å². The van der Waals surface area contributed by atoms with Gasteiger partial charge in [-0.3, -0.25) is 9.59 Å². The fourth-order valence-electron chi connectivity index (χ4n) is 2.92. The van der Waals surface area contributed by atoms with Crippen LogP contribution in [0.4, 0.5) is 11.4 Å². The monoisotopic (exact) mass is 400 g/mol. The van der Waals surface area contributed by atoms with Crippen molar-refractivity contribution in [2.24, 2.45) is 0 Å². The molecule has 1 aliphatic rings. The van der Waals surface area contributed by atoms with Crippen molar-refractivity contribution in [1.29, 1.82) is 0 Å². The van der Waals surface area contributed by atoms with Crippen LogP contribution >= 0.6 is 11.6 Å². The number of ether oxygens (including phenoxy) is 2. The number of carbonyl (C=O) groups is 2. The summed E-state index contributed by atoms with van der Waals surface area (Å²) in [6.45, 7) is 0.148. The van der Waals surface area contributed by atoms with Crippen molar-refractivity contribution in [1.82, 2.24) is 0 Å². The van der Waals surface area contributed by atoms with Crippen LogP contribution in [0.2, 0.25) is 0 Å². The molecule has 0 aliphatic carbocycles. The number of hydrogen-bond acceptors (Lipinski definition) is 5. The first-order valence-corrected chi connectivity index (χ1v) is 9.27. The highest BCUT2D eigenvalue weighted by Gasteiger charge is 2.23. The average molecular weight is 401 g/mol. The summed E-state index contributed by atoms with van der Waals surface area (Å²) in [7, 11) is 0. The Morgan fingerprint density at radius 2 is 1.86 bits per heavy atom. The second-order valence-corrected chi connectivity index (χ2v) is 6.54. The van der Waals surface area contributed by atoms with Crippen molar-refractivity contribution < 1.29 is 23.5 Å². The zero-order valence-electron chi connectivity index (χ0n) is 14.8. The quantitative estimate of drug-likeness (QED) is 0.599. The first-order chi connectivity index (χ1) is 13.7. The maximum atomic E-state index is 12.9. The number of benzene rings is 2. The van der Waals surface area contributed by atoms with Crippen LogP contribution in [0.25, 0.3) is 11.0 Å². The maximum Gasteiger partial charge on any atom is 0.293 e. The van der Waals surface area contributed by atoms with E-state index in [0.29, 0.717) is 46.1 Å². The van der Waals surface area contributed by atoms with E-state index < -0.39 is 5.91 Å². The Bertz CT molecular complexity index is 1050. The molecule has 0 bridgehead atoms. The Balaban J connectivity index is 1.62. The lowest BCUT2D eigenvalue weighted by Crippen LogP contribution is -2.17. The van der Waals surface area contributed by atoms with Crippen molar-refractivity contribution in [2.75, 3.05) is 23.3 Å². The Morgan fingerprint density at radius 3 is 2.71 bits per heavy atom. The highest BCUT2D eigenvalue weighted by molar-refractivity contribution is 6.18. The van der Waals surface area contributed by atoms with E-state index in [9.17, 15) is 9.59 Å². The number of fused-ring (bicyclic) bond motifs is 2. The number of rotatable bonds is 6. The van der Waals surface area contributed by atoms with Crippen molar-refractivity contribution in [3.05, 3.63) is 48.2 Å². The number of para-hydroxylation sites is 1. The second-order valence-electron chi connectivity index (χ2n) is 6.17. The third-order valence-corrected chi connectivity index (χ3v) is 4.50. The number of halogens is 1. The third kappa shape index (κ3) is 3.61. The average Bonchev–Trinajstić information content (AvgIpc) is 3.31. The Hall–Kier alpha value is -3.19. The SMILES string of the molecule is O=C(CCCCl)Nc1c(C(=O)Nc2ccc3c(c2)OCO3)oc2ccccc12. The van der Waals surface area contributed by atoms with Gasteiger partial charge in [0.2, 0.25) is 18.5 Å². The van der Waals surface area contributed by atoms with Gasteiger partial charge in [0.25, 0.3) is 5.91 Å². The predicted octanol–water partition coefficient (Wildman–Crippen LogP) is 4.37. The maximum absolute atomic E-state index is 12.9. The number of nitrogens with one attached hydrogen (secondary N) is 2. The number of anilines is 2. The molecule has 7 nitrogen and oxygen atoms in total. The first kappa shape index (κ1) is 18.2. The molecule has 2 N–H and O–H groups in total. The summed E-state index contributed by atoms with van der Waals surface area (Å²) >= 11 is 5.65. The zero-order chi connectivity index (χ0) is 19.5. The summed E-state index contributed by atoms with van der Waals surface area (Å²) in [5, 5.41) is 6.20. The van der Waals surface area contributed by atoms with Gasteiger partial charge in [0.1, 0.15) is 11.3 Å². The molecule has 144 valence electrons. The van der Waals surface area contributed by atoms with Crippen LogP contribution in [-0.2, 0) is 4.79 Å². The summed E-state index contributed by atoms with van der Waals surface area (Å²) in [5.74, 6) is 0.868. The molecule has 0 fully saturated rings. The van der Waals surface area contributed by atoms with E-state index >= 15 is 0 Å². The van der Waals surface area contributed by atoms with E-state index in [2.05, 4.69) is 10.6 Å². The van der Waals surface area contributed by atoms with Gasteiger partial charge in [-0.2, -0.15) is 0 Å². The van der Waals surface area contributed by atoms with Gasteiger partial charge in [0.15, 0.2) is 11.5 Å². The summed E-state index contributed by atoms with van der Waals surface area (Å²) in [4.78, 5) is 25.1. The lowest BCUT2D eigenvalue weighted by molar-refractivity contribution is -0.116. The summed E-state index contributed by atoms with van der Waals surface area (Å²) < 4.78 is 16.3. The van der Waals surface area contributed by atoms with Crippen LogP contribution in [-0.4, -0.2) is 24.5 Å². The molecule has 0 saturated heterocycles. The van der Waals surface area contributed by atoms with Gasteiger partial charge >= 0.3 is 0 Å². The molecule has 2 heterocycles. The number of alkyl halides is 1. The van der Waals surface area contributed by atoms with Gasteiger partial charge in [-0.15, -0.1) is 11.6 Å². The van der Waals surface area contributed by atoms with E-state index in [1.165, 1.54) is 0 Å². The topological polar surface area (TPSA) is 89.8 Å². The van der Waals surface area contributed by atoms with Crippen LogP contribution in [0.15, 0.2) is 46.9 Å². The largest absolute Gasteiger partial charge is 0.454 e. The molecule has 3 aromatic rings. The van der Waals surface area contributed by atoms with Gasteiger partial charge < -0.3 is 24.5 Å². The van der Waals surface area contributed by atoms with Gasteiger partial charge in [-0.25, -0.2) is 0 Å². The van der Waals surface area contributed by atoms with Crippen LogP contribution in [0.1, 0.15) is 23.4 Å². The van der Waals surface area contributed by atoms with E-state index in [0.717, 1.165) is 0 Å². The number of furan rings is 1. The molecule has 2 amide bonds. The predicted molar refractivity (Wildman–Crippen MR) is 105 cm³/mol. The van der Waals surface area contributed by atoms with Crippen molar-refractivity contribution >= 4 is 45.8 Å². The highest BCUT2D eigenvalue weighted by Crippen LogP contribution is 2.35. The normalized spacial score (nSPS) is 12.2. The molecule has 28 heavy (non-hydrogen) atoms. The summed E-state index contributed by atoms with van der Waals surface area (Å²) in [5.41, 5.74) is 1.37. The molecule has 4 rings (SSSR count). The Labute approximate surface area is 165 Å². The summed E-state index contributed by atoms with van der Waals surface area (Å²) in [6.07, 6.45) is 0.800. The lowest BCUT2D eigenvalue weighted by Gasteiger charge is -2.07. The van der Waals surface area contributed by atoms with Crippen LogP contribution in [0.5, 0.6) is 11.5 Å². The Morgan fingerprint density at radius 1 is 1.04 bits per heavy atom. The van der Waals surface area contributed by atoms with Gasteiger partial charge in [0.05, 0.1) is 0 Å². The molecule has 1 aromatic heterocycles. The first-order valence-electron chi connectivity index (χ1n) is 8.74. The van der Waals surface area contributed by atoms with Gasteiger partial charge in [0, 0.05) is 29.4 Å². The standard InChI is InChI=1S/C20H17ClN2O5/c21-9-3-6-17(24)23-18-13-4-1-2-5-14(13)28-19(18)20(25)22-12-7-8-15-16(10-12)27-11-26-15/h1-2,4-5,7-8,10H,3,6,9,11H2,(H,22,25)(H,23,24). The number of amides is 2. The molecule has 8 heteroatoms. The molecule has 2 aromatic carbocycles. The smallest absolute Gasteiger partial charge is 0.293 e. The zero-order valence-corrected chi connectivity index (χ0v) is 15.5. The summed E-state index contributed by atoms with van der Waals surface area (Å²) in [6, 6.07) is 12.2. The minimum atomic E-state index is -0.484. The molecular formula is C20H17ClN2O5. The Kier molecular flexibility index (Phi) is 5.08. The highest BCUT2D eigenvalue weighted by atomic mass is 35.5. The van der Waals surface area contributed by atoms with Crippen molar-refractivity contribution in [3.63, 3.8) is 0 Å². The number of hydrogen-bond donors (Lipinski definition) is 2. The fraction of sp³-hybridized carbons (Fsp3) is 0.200. The van der Waals surface area contributed by atoms with Gasteiger partial charge in [-0.05, 0) is 30.7 Å².